The van der Waals surface area contributed by atoms with E-state index in [4.69, 9.17) is 0 Å². The zero-order chi connectivity index (χ0) is 14.8. The first-order valence-corrected chi connectivity index (χ1v) is 3.70. The van der Waals surface area contributed by atoms with Gasteiger partial charge in [0.1, 0.15) is 0 Å². The minimum Gasteiger partial charge on any atom is -0.407 e. The summed E-state index contributed by atoms with van der Waals surface area (Å²) in [6.07, 6.45) is -14.7. The Bertz CT molecular complexity index is 343. The molecule has 1 rings (SSSR count). The van der Waals surface area contributed by atoms with Crippen LogP contribution in [0, 0.1) is 0 Å². The summed E-state index contributed by atoms with van der Waals surface area (Å²) >= 11 is 0. The lowest BCUT2D eigenvalue weighted by Crippen LogP contribution is -2.53. The third-order valence-corrected chi connectivity index (χ3v) is 1.35. The second-order valence-electron chi connectivity index (χ2n) is 2.52. The molecule has 0 bridgehead atoms. The van der Waals surface area contributed by atoms with Gasteiger partial charge < -0.3 is 9.47 Å². The van der Waals surface area contributed by atoms with Crippen LogP contribution < -0.4 is 0 Å². The molecule has 0 spiro atoms. The molecule has 1 saturated heterocycles. The molecule has 11 heteroatoms. The number of halogens is 9. The van der Waals surface area contributed by atoms with Crippen LogP contribution in [0.15, 0.2) is 24.9 Å². The number of hydrogen-bond donors (Lipinski definition) is 0. The van der Waals surface area contributed by atoms with Gasteiger partial charge in [0, 0.05) is 0 Å². The maximum Gasteiger partial charge on any atom is 0.483 e. The molecule has 1 aliphatic rings. The van der Waals surface area contributed by atoms with E-state index in [0.29, 0.717) is 0 Å². The van der Waals surface area contributed by atoms with Crippen LogP contribution in [0.4, 0.5) is 39.5 Å². The molecule has 1 aliphatic heterocycles. The highest BCUT2D eigenvalue weighted by molar-refractivity contribution is 5.01. The molecule has 0 saturated carbocycles. The smallest absolute Gasteiger partial charge is 0.407 e. The fraction of sp³-hybridized carbons (Fsp3) is 0.429. The molecule has 0 aromatic heterocycles. The minimum atomic E-state index is -6.21. The van der Waals surface area contributed by atoms with Gasteiger partial charge in [-0.25, -0.2) is 4.39 Å². The van der Waals surface area contributed by atoms with Crippen LogP contribution >= 0.6 is 0 Å². The zero-order valence-corrected chi connectivity index (χ0v) is 8.00. The average Bonchev–Trinajstić information content (AvgIpc) is 2.39. The molecule has 0 aliphatic carbocycles. The van der Waals surface area contributed by atoms with Crippen LogP contribution in [0.2, 0.25) is 0 Å². The first-order valence-electron chi connectivity index (χ1n) is 3.70. The van der Waals surface area contributed by atoms with Crippen molar-refractivity contribution in [2.24, 2.45) is 0 Å². The molecular formula is C7H3F9O2. The predicted molar refractivity (Wildman–Crippen MR) is 37.6 cm³/mol. The van der Waals surface area contributed by atoms with Gasteiger partial charge in [0.15, 0.2) is 0 Å². The molecule has 106 valence electrons. The lowest BCUT2D eigenvalue weighted by molar-refractivity contribution is -0.393. The third-order valence-electron chi connectivity index (χ3n) is 1.35. The third kappa shape index (κ3) is 2.82. The highest BCUT2D eigenvalue weighted by Gasteiger charge is 2.81. The highest BCUT2D eigenvalue weighted by Crippen LogP contribution is 2.53. The van der Waals surface area contributed by atoms with E-state index in [1.807, 2.05) is 0 Å². The van der Waals surface area contributed by atoms with Gasteiger partial charge in [0.05, 0.1) is 6.33 Å². The maximum atomic E-state index is 12.6. The van der Waals surface area contributed by atoms with E-state index in [-0.39, 0.29) is 6.33 Å². The summed E-state index contributed by atoms with van der Waals surface area (Å²) in [6.45, 7) is 2.69. The van der Waals surface area contributed by atoms with Crippen LogP contribution in [0.3, 0.4) is 0 Å². The first kappa shape index (κ1) is 16.4. The maximum absolute atomic E-state index is 12.6. The zero-order valence-electron chi connectivity index (χ0n) is 8.00. The standard InChI is InChI=1S/C5F8O2.C2H3F/c6-1(7)2-14-3(8,4(9,10)11)5(12,13)15-2;1-2-3/h;2H,1H2. The van der Waals surface area contributed by atoms with Gasteiger partial charge in [-0.2, -0.15) is 35.1 Å². The first-order chi connectivity index (χ1) is 7.93. The van der Waals surface area contributed by atoms with Crippen molar-refractivity contribution in [3.05, 3.63) is 24.9 Å². The van der Waals surface area contributed by atoms with Gasteiger partial charge in [-0.05, 0) is 0 Å². The van der Waals surface area contributed by atoms with E-state index in [2.05, 4.69) is 16.1 Å². The number of ether oxygens (including phenoxy) is 2. The van der Waals surface area contributed by atoms with Crippen LogP contribution in [0.25, 0.3) is 0 Å². The molecule has 0 aromatic carbocycles. The molecule has 0 aromatic rings. The minimum absolute atomic E-state index is 0.250. The van der Waals surface area contributed by atoms with E-state index < -0.39 is 30.2 Å². The fourth-order valence-corrected chi connectivity index (χ4v) is 0.690. The van der Waals surface area contributed by atoms with Gasteiger partial charge in [0.2, 0.25) is 0 Å². The molecule has 0 N–H and O–H groups in total. The Morgan fingerprint density at radius 3 is 1.67 bits per heavy atom. The Morgan fingerprint density at radius 2 is 1.50 bits per heavy atom. The van der Waals surface area contributed by atoms with Gasteiger partial charge in [-0.15, -0.1) is 0 Å². The second kappa shape index (κ2) is 4.98. The molecule has 2 nitrogen and oxygen atoms in total. The van der Waals surface area contributed by atoms with Crippen molar-refractivity contribution in [2.75, 3.05) is 0 Å². The second-order valence-corrected chi connectivity index (χ2v) is 2.52. The van der Waals surface area contributed by atoms with Crippen molar-refractivity contribution in [3.8, 4) is 0 Å². The molecule has 0 radical (unpaired) electrons. The Kier molecular flexibility index (Phi) is 4.55. The largest absolute Gasteiger partial charge is 0.483 e. The summed E-state index contributed by atoms with van der Waals surface area (Å²) in [5.41, 5.74) is 0. The Balaban J connectivity index is 0.000000873. The fourth-order valence-electron chi connectivity index (χ4n) is 0.690. The SMILES string of the molecule is C=CF.FC(F)=C1OC(F)(F)C(F)(C(F)(F)F)O1. The summed E-state index contributed by atoms with van der Waals surface area (Å²) in [5, 5.41) is 0. The Morgan fingerprint density at radius 1 is 1.11 bits per heavy atom. The molecule has 1 atom stereocenters. The van der Waals surface area contributed by atoms with Gasteiger partial charge in [-0.3, -0.25) is 0 Å². The quantitative estimate of drug-likeness (QED) is 0.627. The predicted octanol–water partition coefficient (Wildman–Crippen LogP) is 4.02. The van der Waals surface area contributed by atoms with E-state index >= 15 is 0 Å². The van der Waals surface area contributed by atoms with E-state index in [0.717, 1.165) is 0 Å². The molecular weight excluding hydrogens is 287 g/mol. The summed E-state index contributed by atoms with van der Waals surface area (Å²) in [7, 11) is 0. The van der Waals surface area contributed by atoms with Crippen molar-refractivity contribution >= 4 is 0 Å². The van der Waals surface area contributed by atoms with Gasteiger partial charge in [0.25, 0.3) is 0 Å². The van der Waals surface area contributed by atoms with Crippen molar-refractivity contribution in [1.29, 1.82) is 0 Å². The molecule has 1 fully saturated rings. The topological polar surface area (TPSA) is 18.5 Å². The summed E-state index contributed by atoms with van der Waals surface area (Å²) in [4.78, 5) is 0. The normalized spacial score (nSPS) is 25.5. The van der Waals surface area contributed by atoms with Crippen molar-refractivity contribution in [1.82, 2.24) is 0 Å². The molecule has 1 heterocycles. The van der Waals surface area contributed by atoms with Gasteiger partial charge in [-0.1, -0.05) is 6.58 Å². The van der Waals surface area contributed by atoms with Crippen molar-refractivity contribution in [2.45, 2.75) is 18.1 Å². The number of hydrogen-bond acceptors (Lipinski definition) is 2. The number of rotatable bonds is 0. The van der Waals surface area contributed by atoms with Gasteiger partial charge >= 0.3 is 30.2 Å². The van der Waals surface area contributed by atoms with Crippen molar-refractivity contribution < 1.29 is 49.0 Å². The Hall–Kier alpha value is -1.55. The monoisotopic (exact) mass is 290 g/mol. The molecule has 1 unspecified atom stereocenters. The Labute approximate surface area is 93.3 Å². The average molecular weight is 290 g/mol. The highest BCUT2D eigenvalue weighted by atomic mass is 19.4. The lowest BCUT2D eigenvalue weighted by atomic mass is 10.3. The van der Waals surface area contributed by atoms with E-state index in [9.17, 15) is 39.5 Å². The molecule has 0 amide bonds. The summed E-state index contributed by atoms with van der Waals surface area (Å²) in [5.74, 6) is -8.10. The van der Waals surface area contributed by atoms with E-state index in [1.165, 1.54) is 0 Å². The molecule has 18 heavy (non-hydrogen) atoms. The van der Waals surface area contributed by atoms with Crippen LogP contribution in [0.5, 0.6) is 0 Å². The van der Waals surface area contributed by atoms with Crippen LogP contribution in [-0.4, -0.2) is 18.1 Å². The summed E-state index contributed by atoms with van der Waals surface area (Å²) in [6, 6.07) is 0. The lowest BCUT2D eigenvalue weighted by Gasteiger charge is -2.23. The van der Waals surface area contributed by atoms with Crippen molar-refractivity contribution in [3.63, 3.8) is 0 Å². The van der Waals surface area contributed by atoms with E-state index in [1.54, 1.807) is 0 Å². The number of alkyl halides is 6. The van der Waals surface area contributed by atoms with Crippen LogP contribution in [0.1, 0.15) is 0 Å². The summed E-state index contributed by atoms with van der Waals surface area (Å²) < 4.78 is 111. The van der Waals surface area contributed by atoms with Crippen LogP contribution in [-0.2, 0) is 9.47 Å².